The van der Waals surface area contributed by atoms with E-state index >= 15 is 0 Å². The topological polar surface area (TPSA) is 0 Å². The number of hydrogen-bond donors (Lipinski definition) is 0. The summed E-state index contributed by atoms with van der Waals surface area (Å²) in [4.78, 5) is 0. The first kappa shape index (κ1) is 53.3. The van der Waals surface area contributed by atoms with Crippen molar-refractivity contribution in [2.45, 2.75) is 81.1 Å². The van der Waals surface area contributed by atoms with E-state index in [0.29, 0.717) is 0 Å². The molecule has 4 aromatic carbocycles. The minimum absolute atomic E-state index is 0. The van der Waals surface area contributed by atoms with Gasteiger partial charge in [-0.2, -0.15) is 24.3 Å². The van der Waals surface area contributed by atoms with Gasteiger partial charge in [-0.1, -0.05) is 27.7 Å². The second-order valence-electron chi connectivity index (χ2n) is 13.8. The summed E-state index contributed by atoms with van der Waals surface area (Å²) in [5.74, 6) is 0. The molecule has 0 saturated heterocycles. The van der Waals surface area contributed by atoms with Gasteiger partial charge in [-0.25, -0.2) is 44.6 Å². The summed E-state index contributed by atoms with van der Waals surface area (Å²) in [5, 5.41) is 5.90. The maximum atomic E-state index is 3.19. The summed E-state index contributed by atoms with van der Waals surface area (Å²) >= 11 is 4.69. The second kappa shape index (κ2) is 30.3. The predicted octanol–water partition coefficient (Wildman–Crippen LogP) is 5.03. The number of rotatable bonds is 4. The van der Waals surface area contributed by atoms with Crippen molar-refractivity contribution >= 4 is 33.1 Å². The van der Waals surface area contributed by atoms with Crippen LogP contribution in [0.2, 0.25) is 0 Å². The summed E-state index contributed by atoms with van der Waals surface area (Å²) in [7, 11) is 0. The minimum atomic E-state index is -0.545. The summed E-state index contributed by atoms with van der Waals surface area (Å²) in [6.45, 7) is 16.9. The van der Waals surface area contributed by atoms with Crippen LogP contribution in [0, 0.1) is 24.3 Å². The van der Waals surface area contributed by atoms with Gasteiger partial charge in [-0.3, -0.25) is 24.3 Å². The van der Waals surface area contributed by atoms with E-state index in [1.165, 1.54) is 65.3 Å². The molecule has 6 heteroatoms. The van der Waals surface area contributed by atoms with Crippen LogP contribution in [0.5, 0.6) is 0 Å². The van der Waals surface area contributed by atoms with E-state index in [1.54, 1.807) is 0 Å². The fourth-order valence-electron chi connectivity index (χ4n) is 5.35. The second-order valence-corrected chi connectivity index (χ2v) is 22.3. The average Bonchev–Trinajstić information content (AvgIpc) is 4.03. The van der Waals surface area contributed by atoms with E-state index in [9.17, 15) is 0 Å². The molecule has 0 heterocycles. The molecule has 0 N–H and O–H groups in total. The van der Waals surface area contributed by atoms with Gasteiger partial charge >= 0.3 is 193 Å². The molecular weight excluding hydrogens is 847 g/mol. The van der Waals surface area contributed by atoms with Gasteiger partial charge in [0.05, 0.1) is 0 Å². The maximum absolute atomic E-state index is 3.19. The van der Waals surface area contributed by atoms with Crippen LogP contribution in [0.1, 0.15) is 81.1 Å². The van der Waals surface area contributed by atoms with Crippen LogP contribution in [0.25, 0.3) is 0 Å². The molecule has 0 bridgehead atoms. The Morgan fingerprint density at radius 2 is 0.500 bits per heavy atom. The third-order valence-corrected chi connectivity index (χ3v) is 18.8. The molecule has 0 saturated carbocycles. The van der Waals surface area contributed by atoms with Gasteiger partial charge in [0.15, 0.2) is 0 Å². The number of allylic oxidation sites excluding steroid dienone is 16. The molecule has 0 amide bonds. The zero-order valence-corrected chi connectivity index (χ0v) is 42.1. The Labute approximate surface area is 388 Å². The standard InChI is InChI=1S/2C12H10Si.4C7H9.2ClH.2Ti/c2*1-3-7-11(8-4-1)13-12-9-5-2-6-10-12;4*1-6-4-3-5-7(6)2;;;;/h2*1-10H;4*4H,3H2,1-2H3;2*1H;;/q;;4*-1;;;2*+2/p-2. The molecule has 0 fully saturated rings. The monoisotopic (exact) mass is 902 g/mol. The number of hydrogen-bond acceptors (Lipinski definition) is 0. The van der Waals surface area contributed by atoms with Crippen molar-refractivity contribution in [3.63, 3.8) is 0 Å². The molecule has 0 nitrogen and oxygen atoms in total. The molecule has 8 rings (SSSR count). The number of benzene rings is 4. The van der Waals surface area contributed by atoms with E-state index in [0.717, 1.165) is 25.7 Å². The summed E-state index contributed by atoms with van der Waals surface area (Å²) in [6, 6.07) is 43.0. The van der Waals surface area contributed by atoms with Gasteiger partial charge in [-0.05, 0) is 0 Å². The van der Waals surface area contributed by atoms with E-state index in [1.807, 2.05) is 0 Å². The Balaban J connectivity index is 0.000000357. The van der Waals surface area contributed by atoms with Crippen LogP contribution in [-0.2, 0) is 38.3 Å². The Morgan fingerprint density at radius 1 is 0.328 bits per heavy atom. The van der Waals surface area contributed by atoms with Gasteiger partial charge in [-0.15, -0.1) is 53.4 Å². The molecule has 58 heavy (non-hydrogen) atoms. The van der Waals surface area contributed by atoms with Crippen LogP contribution in [0.4, 0.5) is 0 Å². The van der Waals surface area contributed by atoms with Crippen molar-refractivity contribution < 1.29 is 63.2 Å². The first-order valence-corrected chi connectivity index (χ1v) is 27.0. The van der Waals surface area contributed by atoms with Crippen molar-refractivity contribution in [2.24, 2.45) is 0 Å². The van der Waals surface area contributed by atoms with Gasteiger partial charge in [0.2, 0.25) is 0 Å². The zero-order chi connectivity index (χ0) is 40.7. The van der Waals surface area contributed by atoms with E-state index in [-0.39, 0.29) is 24.8 Å². The van der Waals surface area contributed by atoms with Crippen molar-refractivity contribution in [3.05, 3.63) is 215 Å². The molecule has 0 spiro atoms. The molecule has 4 aliphatic rings. The Bertz CT molecular complexity index is 1750. The fourth-order valence-corrected chi connectivity index (χ4v) is 11.2. The first-order valence-electron chi connectivity index (χ1n) is 19.3. The fraction of sp³-hybridized carbons (Fsp3) is 0.231. The van der Waals surface area contributed by atoms with Gasteiger partial charge in [0, 0.05) is 0 Å². The molecular formula is C52H56Cl2Si2Ti2-2. The van der Waals surface area contributed by atoms with Crippen LogP contribution < -0.4 is 45.6 Å². The van der Waals surface area contributed by atoms with Crippen LogP contribution in [0.3, 0.4) is 0 Å². The van der Waals surface area contributed by atoms with E-state index in [4.69, 9.17) is 0 Å². The molecule has 4 aliphatic carbocycles. The Morgan fingerprint density at radius 3 is 0.603 bits per heavy atom. The normalized spacial score (nSPS) is 14.0. The van der Waals surface area contributed by atoms with Crippen molar-refractivity contribution in [1.82, 2.24) is 0 Å². The van der Waals surface area contributed by atoms with Crippen molar-refractivity contribution in [3.8, 4) is 0 Å². The zero-order valence-electron chi connectivity index (χ0n) is 35.4. The van der Waals surface area contributed by atoms with Crippen molar-refractivity contribution in [2.75, 3.05) is 0 Å². The van der Waals surface area contributed by atoms with Gasteiger partial charge in [0.25, 0.3) is 0 Å². The van der Waals surface area contributed by atoms with E-state index < -0.39 is 12.4 Å². The molecule has 0 aromatic heterocycles. The molecule has 4 aromatic rings. The third-order valence-electron chi connectivity index (χ3n) is 9.72. The quantitative estimate of drug-likeness (QED) is 0.200. The molecule has 0 atom stereocenters. The van der Waals surface area contributed by atoms with Crippen LogP contribution in [0.15, 0.2) is 190 Å². The SMILES string of the molecule is CC1=[C-]CC=C1C.CC1=[C-]CC=C1C.CC1=[C-]CC=C1C.CC1=[C-]CC=C1C.[Cl-].[Cl-].[Ti+2]=[Si](c1ccccc1)c1ccccc1.[Ti+2]=[Si](c1ccccc1)c1ccccc1. The Hall–Kier alpha value is -2.76. The van der Waals surface area contributed by atoms with Crippen molar-refractivity contribution in [1.29, 1.82) is 0 Å². The average molecular weight is 904 g/mol. The summed E-state index contributed by atoms with van der Waals surface area (Å²) < 4.78 is 0. The van der Waals surface area contributed by atoms with Gasteiger partial charge in [0.1, 0.15) is 0 Å². The predicted molar refractivity (Wildman–Crippen MR) is 239 cm³/mol. The third kappa shape index (κ3) is 20.0. The van der Waals surface area contributed by atoms with E-state index in [2.05, 4.69) is 264 Å². The number of halogens is 2. The molecule has 0 unspecified atom stereocenters. The Kier molecular flexibility index (Phi) is 27.8. The molecule has 296 valence electrons. The molecule has 0 aliphatic heterocycles. The van der Waals surface area contributed by atoms with Crippen LogP contribution in [-0.4, -0.2) is 12.4 Å². The summed E-state index contributed by atoms with van der Waals surface area (Å²) in [6.07, 6.45) is 24.5. The summed E-state index contributed by atoms with van der Waals surface area (Å²) in [5.41, 5.74) is 10.8. The molecule has 0 radical (unpaired) electrons. The first-order chi connectivity index (χ1) is 27.0. The van der Waals surface area contributed by atoms with Crippen LogP contribution >= 0.6 is 0 Å². The van der Waals surface area contributed by atoms with Gasteiger partial charge < -0.3 is 24.8 Å².